The van der Waals surface area contributed by atoms with Gasteiger partial charge in [-0.1, -0.05) is 321 Å². The summed E-state index contributed by atoms with van der Waals surface area (Å²) in [6, 6.07) is 107. The highest BCUT2D eigenvalue weighted by Gasteiger charge is 2.72. The van der Waals surface area contributed by atoms with Crippen LogP contribution in [0.15, 0.2) is 324 Å². The third-order valence-corrected chi connectivity index (χ3v) is 35.2. The second-order valence-corrected chi connectivity index (χ2v) is 45.2. The Morgan fingerprint density at radius 3 is 0.808 bits per heavy atom. The minimum Gasteiger partial charge on any atom is -0.310 e. The van der Waals surface area contributed by atoms with Crippen molar-refractivity contribution in [2.24, 2.45) is 16.2 Å². The fourth-order valence-corrected chi connectivity index (χ4v) is 23.4. The Morgan fingerprint density at radius 2 is 0.496 bits per heavy atom. The summed E-state index contributed by atoms with van der Waals surface area (Å²) in [4.78, 5) is 9.48. The lowest BCUT2D eigenvalue weighted by atomic mass is 9.47. The van der Waals surface area contributed by atoms with Crippen molar-refractivity contribution >= 4 is 179 Å². The molecule has 0 bridgehead atoms. The summed E-state index contributed by atoms with van der Waals surface area (Å²) < 4.78 is 22.5. The van der Waals surface area contributed by atoms with Crippen LogP contribution in [0.2, 0.25) is 0 Å². The first-order chi connectivity index (χ1) is 59.0. The molecule has 0 saturated heterocycles. The Balaban J connectivity index is 0.000000133. The quantitative estimate of drug-likeness (QED) is 0.121. The number of anilines is 9. The van der Waals surface area contributed by atoms with Crippen molar-refractivity contribution < 1.29 is 4.39 Å². The molecule has 634 valence electrons. The van der Waals surface area contributed by atoms with Crippen LogP contribution in [0.3, 0.4) is 0 Å². The van der Waals surface area contributed by atoms with Gasteiger partial charge in [0.15, 0.2) is 0 Å². The summed E-state index contributed by atoms with van der Waals surface area (Å²) in [5.41, 5.74) is 26.2. The third kappa shape index (κ3) is 14.1. The van der Waals surface area contributed by atoms with Gasteiger partial charge in [0.2, 0.25) is 0 Å². The van der Waals surface area contributed by atoms with E-state index in [4.69, 9.17) is 0 Å². The van der Waals surface area contributed by atoms with E-state index >= 15 is 4.39 Å². The lowest BCUT2D eigenvalue weighted by molar-refractivity contribution is -0.0105. The van der Waals surface area contributed by atoms with E-state index in [1.807, 2.05) is 0 Å². The molecule has 0 atom stereocenters. The monoisotopic (exact) mass is 2030 g/mol. The average molecular weight is 2030 g/mol. The molecule has 0 unspecified atom stereocenters. The lowest BCUT2D eigenvalue weighted by Crippen LogP contribution is -2.54. The highest BCUT2D eigenvalue weighted by Crippen LogP contribution is 2.77. The zero-order valence-electron chi connectivity index (χ0n) is 75.2. The van der Waals surface area contributed by atoms with E-state index in [9.17, 15) is 0 Å². The summed E-state index contributed by atoms with van der Waals surface area (Å²) in [5, 5.41) is 7.18. The van der Waals surface area contributed by atoms with Gasteiger partial charge >= 0.3 is 0 Å². The van der Waals surface area contributed by atoms with E-state index in [0.29, 0.717) is 0 Å². The molecule has 19 rings (SSSR count). The zero-order chi connectivity index (χ0) is 89.2. The van der Waals surface area contributed by atoms with Crippen LogP contribution < -0.4 is 14.7 Å². The fourth-order valence-electron chi connectivity index (χ4n) is 21.8. The van der Waals surface area contributed by atoms with Gasteiger partial charge in [0.25, 0.3) is 0 Å². The summed E-state index contributed by atoms with van der Waals surface area (Å²) in [6.07, 6.45) is 0. The molecule has 1 aliphatic heterocycles. The van der Waals surface area contributed by atoms with Gasteiger partial charge in [-0.2, -0.15) is 0 Å². The lowest BCUT2D eigenvalue weighted by Gasteiger charge is -2.56. The average Bonchev–Trinajstić information content (AvgIpc) is 1.47. The van der Waals surface area contributed by atoms with Gasteiger partial charge in [-0.05, 0) is 337 Å². The van der Waals surface area contributed by atoms with Crippen molar-refractivity contribution in [2.45, 2.75) is 170 Å². The molecule has 11 heteroatoms. The SMILES string of the molecule is CC1(C)c2cc(-c3ccc(N(c4ccc(Br)cc4)c4ccc(Br)cc4)c4ccccc34)cc(F)c2C(C)(C)C1(C)C.CC1(C)c2cc(-c3ccc(N(c4ccc(Br)cc4)c4ccc(Br)cc4)c4ccccc34)cc3c2C(C)(C1(C)C)C(C)(C)C3(C)C.CN1C(C)(C)c2ccc(-c3ccc(N(c4ccc(Br)cc4)c4ccc(Br)cc4)c4ccccc34)cc2C1(C)C. The van der Waals surface area contributed by atoms with Crippen molar-refractivity contribution in [2.75, 3.05) is 21.7 Å². The van der Waals surface area contributed by atoms with Gasteiger partial charge in [-0.3, -0.25) is 4.90 Å². The van der Waals surface area contributed by atoms with Crippen molar-refractivity contribution in [3.63, 3.8) is 0 Å². The molecule has 15 aromatic rings. The predicted molar refractivity (Wildman–Crippen MR) is 553 cm³/mol. The fraction of sp³-hybridized carbons (Fsp3) is 0.263. The first kappa shape index (κ1) is 88.3. The molecule has 0 saturated carbocycles. The number of benzene rings is 15. The van der Waals surface area contributed by atoms with E-state index in [1.165, 1.54) is 71.7 Å². The van der Waals surface area contributed by atoms with Crippen molar-refractivity contribution in [3.8, 4) is 33.4 Å². The maximum absolute atomic E-state index is 16.1. The van der Waals surface area contributed by atoms with Gasteiger partial charge in [0.05, 0.1) is 17.1 Å². The number of nitrogens with zero attached hydrogens (tertiary/aromatic N) is 4. The number of fused-ring (bicyclic) bond motifs is 5. The molecule has 4 nitrogen and oxygen atoms in total. The van der Waals surface area contributed by atoms with E-state index in [-0.39, 0.29) is 60.2 Å². The van der Waals surface area contributed by atoms with Crippen molar-refractivity contribution in [3.05, 3.63) is 369 Å². The summed E-state index contributed by atoms with van der Waals surface area (Å²) in [6.45, 7) is 45.3. The van der Waals surface area contributed by atoms with Crippen molar-refractivity contribution in [1.29, 1.82) is 0 Å². The van der Waals surface area contributed by atoms with E-state index in [2.05, 4.69) is 545 Å². The standard InChI is InChI=1S/C42H43Br2N.C37H34Br2FN.C35H32Br2N2/c1-38(2)34-24-26(25-35-37(34)42(9,40(38,5)6)41(7,8)39(35,3)4)31-22-23-36(33-13-11-10-12-32(31)33)45(29-18-14-27(43)15-19-29)30-20-16-28(44)17-21-30;1-35(2)31-21-23(22-32(40)34(31)36(3,4)37(35,5)6)28-19-20-33(30-10-8-7-9-29(28)30)41(26-15-11-24(38)12-16-26)27-17-13-25(39)14-18-27;1-34(2)31-20-10-23(22-32(31)35(3,4)38(34)5)28-19-21-33(30-9-7-6-8-29(28)30)39(26-15-11-24(36)12-16-26)27-17-13-25(37)14-18-27/h10-25H,1-9H3;7-22H,1-6H3;6-22H,1-5H3. The summed E-state index contributed by atoms with van der Waals surface area (Å²) >= 11 is 21.7. The smallest absolute Gasteiger partial charge is 0.127 e. The third-order valence-electron chi connectivity index (χ3n) is 32.0. The van der Waals surface area contributed by atoms with Gasteiger partial charge in [0, 0.05) is 93.6 Å². The van der Waals surface area contributed by atoms with Crippen LogP contribution in [0, 0.1) is 22.1 Å². The first-order valence-electron chi connectivity index (χ1n) is 43.4. The summed E-state index contributed by atoms with van der Waals surface area (Å²) in [7, 11) is 2.24. The zero-order valence-corrected chi connectivity index (χ0v) is 84.7. The van der Waals surface area contributed by atoms with Crippen LogP contribution in [-0.4, -0.2) is 11.9 Å². The molecule has 0 spiro atoms. The number of rotatable bonds is 12. The maximum atomic E-state index is 16.1. The first-order valence-corrected chi connectivity index (χ1v) is 48.2. The van der Waals surface area contributed by atoms with Crippen LogP contribution in [0.1, 0.15) is 170 Å². The Labute approximate surface area is 790 Å². The van der Waals surface area contributed by atoms with Crippen LogP contribution in [0.25, 0.3) is 65.7 Å². The van der Waals surface area contributed by atoms with Gasteiger partial charge < -0.3 is 14.7 Å². The minimum atomic E-state index is -0.282. The van der Waals surface area contributed by atoms with Crippen LogP contribution in [0.5, 0.6) is 0 Å². The number of halogens is 7. The van der Waals surface area contributed by atoms with E-state index in [0.717, 1.165) is 105 Å². The number of hydrogen-bond donors (Lipinski definition) is 0. The maximum Gasteiger partial charge on any atom is 0.127 e. The molecule has 15 aromatic carbocycles. The largest absolute Gasteiger partial charge is 0.310 e. The van der Waals surface area contributed by atoms with Gasteiger partial charge in [0.1, 0.15) is 5.82 Å². The highest BCUT2D eigenvalue weighted by molar-refractivity contribution is 9.11. The van der Waals surface area contributed by atoms with Gasteiger partial charge in [-0.15, -0.1) is 0 Å². The Bertz CT molecular complexity index is 6550. The Hall–Kier alpha value is -8.75. The molecule has 0 N–H and O–H groups in total. The molecular weight excluding hydrogens is 1920 g/mol. The topological polar surface area (TPSA) is 13.0 Å². The predicted octanol–water partition coefficient (Wildman–Crippen LogP) is 36.5. The Kier molecular flexibility index (Phi) is 22.5. The van der Waals surface area contributed by atoms with Gasteiger partial charge in [-0.25, -0.2) is 4.39 Å². The van der Waals surface area contributed by atoms with Crippen LogP contribution in [0.4, 0.5) is 55.6 Å². The van der Waals surface area contributed by atoms with Crippen LogP contribution >= 0.6 is 95.6 Å². The minimum absolute atomic E-state index is 0.000847. The molecule has 3 aliphatic carbocycles. The Morgan fingerprint density at radius 1 is 0.240 bits per heavy atom. The number of hydrogen-bond acceptors (Lipinski definition) is 4. The highest BCUT2D eigenvalue weighted by atomic mass is 79.9. The molecule has 0 fully saturated rings. The second-order valence-electron chi connectivity index (χ2n) is 39.7. The summed E-state index contributed by atoms with van der Waals surface area (Å²) in [5.74, 6) is -0.111. The molecule has 0 amide bonds. The molecule has 0 radical (unpaired) electrons. The molecular formula is C114H109Br6FN4. The van der Waals surface area contributed by atoms with Crippen molar-refractivity contribution in [1.82, 2.24) is 4.90 Å². The van der Waals surface area contributed by atoms with E-state index < -0.39 is 0 Å². The molecule has 0 aromatic heterocycles. The van der Waals surface area contributed by atoms with E-state index in [1.54, 1.807) is 11.6 Å². The van der Waals surface area contributed by atoms with Crippen LogP contribution in [-0.2, 0) is 38.2 Å². The molecule has 1 heterocycles. The second kappa shape index (κ2) is 31.9. The molecule has 125 heavy (non-hydrogen) atoms. The normalized spacial score (nSPS) is 17.4. The molecule has 4 aliphatic rings.